The van der Waals surface area contributed by atoms with Crippen LogP contribution in [0.2, 0.25) is 0 Å². The van der Waals surface area contributed by atoms with E-state index in [-0.39, 0.29) is 17.2 Å². The highest BCUT2D eigenvalue weighted by Gasteiger charge is 2.23. The lowest BCUT2D eigenvalue weighted by atomic mass is 10.0. The van der Waals surface area contributed by atoms with Crippen LogP contribution < -0.4 is 10.9 Å². The molecule has 0 aliphatic heterocycles. The summed E-state index contributed by atoms with van der Waals surface area (Å²) in [4.78, 5) is 29.9. The molecule has 0 spiro atoms. The Labute approximate surface area is 158 Å². The molecule has 0 radical (unpaired) electrons. The number of carbonyl (C=O) groups is 1. The summed E-state index contributed by atoms with van der Waals surface area (Å²) in [6.45, 7) is 10.6. The van der Waals surface area contributed by atoms with Crippen molar-refractivity contribution >= 4 is 11.6 Å². The second-order valence-electron chi connectivity index (χ2n) is 6.70. The highest BCUT2D eigenvalue weighted by molar-refractivity contribution is 5.94. The van der Waals surface area contributed by atoms with Crippen molar-refractivity contribution in [2.75, 3.05) is 0 Å². The Morgan fingerprint density at radius 3 is 2.63 bits per heavy atom. The molecule has 0 fully saturated rings. The fourth-order valence-electron chi connectivity index (χ4n) is 3.54. The van der Waals surface area contributed by atoms with Crippen molar-refractivity contribution in [3.8, 4) is 0 Å². The van der Waals surface area contributed by atoms with Crippen molar-refractivity contribution in [3.05, 3.63) is 63.0 Å². The molecule has 3 rings (SSSR count). The summed E-state index contributed by atoms with van der Waals surface area (Å²) in [7, 11) is 0. The van der Waals surface area contributed by atoms with Gasteiger partial charge in [0.05, 0.1) is 11.7 Å². The fraction of sp³-hybridized carbons (Fsp3) is 0.400. The molecule has 1 amide bonds. The molecule has 3 heterocycles. The van der Waals surface area contributed by atoms with Crippen molar-refractivity contribution < 1.29 is 4.79 Å². The minimum Gasteiger partial charge on any atom is -0.345 e. The van der Waals surface area contributed by atoms with Crippen LogP contribution in [0.25, 0.3) is 5.65 Å². The summed E-state index contributed by atoms with van der Waals surface area (Å²) in [5, 5.41) is 7.53. The topological polar surface area (TPSA) is 81.3 Å². The lowest BCUT2D eigenvalue weighted by Gasteiger charge is -2.18. The number of aromatic nitrogens is 4. The lowest BCUT2D eigenvalue weighted by molar-refractivity contribution is 0.0933. The Morgan fingerprint density at radius 2 is 2.00 bits per heavy atom. The molecule has 0 aliphatic carbocycles. The molecule has 0 unspecified atom stereocenters. The van der Waals surface area contributed by atoms with Gasteiger partial charge in [-0.15, -0.1) is 0 Å². The monoisotopic (exact) mass is 367 g/mol. The van der Waals surface area contributed by atoms with Gasteiger partial charge in [0, 0.05) is 30.2 Å². The molecular formula is C20H25N5O2. The number of hydrogen-bond donors (Lipinski definition) is 1. The third-order valence-electron chi connectivity index (χ3n) is 4.97. The van der Waals surface area contributed by atoms with Crippen LogP contribution in [0.1, 0.15) is 59.2 Å². The van der Waals surface area contributed by atoms with Crippen LogP contribution in [0.15, 0.2) is 29.3 Å². The van der Waals surface area contributed by atoms with Crippen LogP contribution >= 0.6 is 0 Å². The second kappa shape index (κ2) is 7.34. The molecule has 3 aromatic heterocycles. The van der Waals surface area contributed by atoms with Gasteiger partial charge in [0.25, 0.3) is 11.5 Å². The summed E-state index contributed by atoms with van der Waals surface area (Å²) >= 11 is 0. The number of hydrogen-bond acceptors (Lipinski definition) is 4. The molecule has 1 N–H and O–H groups in total. The Morgan fingerprint density at radius 1 is 1.26 bits per heavy atom. The van der Waals surface area contributed by atoms with Gasteiger partial charge in [0.15, 0.2) is 0 Å². The SMILES string of the molecule is CC[C@@H](NC(=O)c1cnc2c(C)cccn2c1=O)c1c(C)nn(CC)c1C. The fourth-order valence-corrected chi connectivity index (χ4v) is 3.54. The van der Waals surface area contributed by atoms with E-state index >= 15 is 0 Å². The molecule has 7 heteroatoms. The number of rotatable bonds is 5. The average Bonchev–Trinajstić information content (AvgIpc) is 2.94. The van der Waals surface area contributed by atoms with Gasteiger partial charge >= 0.3 is 0 Å². The number of nitrogens with one attached hydrogen (secondary N) is 1. The number of amides is 1. The summed E-state index contributed by atoms with van der Waals surface area (Å²) in [5.74, 6) is -0.418. The molecule has 7 nitrogen and oxygen atoms in total. The smallest absolute Gasteiger partial charge is 0.270 e. The summed E-state index contributed by atoms with van der Waals surface area (Å²) in [6.07, 6.45) is 3.69. The molecule has 3 aromatic rings. The van der Waals surface area contributed by atoms with Crippen LogP contribution in [0.4, 0.5) is 0 Å². The van der Waals surface area contributed by atoms with E-state index in [0.717, 1.165) is 29.1 Å². The zero-order valence-electron chi connectivity index (χ0n) is 16.4. The van der Waals surface area contributed by atoms with Gasteiger partial charge in [-0.2, -0.15) is 5.10 Å². The van der Waals surface area contributed by atoms with Gasteiger partial charge < -0.3 is 5.32 Å². The van der Waals surface area contributed by atoms with Crippen LogP contribution in [0, 0.1) is 20.8 Å². The van der Waals surface area contributed by atoms with Gasteiger partial charge in [-0.25, -0.2) is 4.98 Å². The number of aryl methyl sites for hydroxylation is 3. The van der Waals surface area contributed by atoms with E-state index in [1.807, 2.05) is 45.4 Å². The minimum absolute atomic E-state index is 0.0368. The van der Waals surface area contributed by atoms with Gasteiger partial charge in [-0.3, -0.25) is 18.7 Å². The van der Waals surface area contributed by atoms with Gasteiger partial charge in [-0.05, 0) is 45.7 Å². The van der Waals surface area contributed by atoms with E-state index in [2.05, 4.69) is 15.4 Å². The zero-order chi connectivity index (χ0) is 19.7. The van der Waals surface area contributed by atoms with Crippen molar-refractivity contribution in [2.45, 2.75) is 53.6 Å². The third kappa shape index (κ3) is 3.25. The molecular weight excluding hydrogens is 342 g/mol. The predicted molar refractivity (Wildman–Crippen MR) is 104 cm³/mol. The first-order valence-electron chi connectivity index (χ1n) is 9.20. The van der Waals surface area contributed by atoms with E-state index < -0.39 is 5.91 Å². The van der Waals surface area contributed by atoms with Crippen molar-refractivity contribution in [3.63, 3.8) is 0 Å². The van der Waals surface area contributed by atoms with E-state index in [9.17, 15) is 9.59 Å². The maximum absolute atomic E-state index is 12.8. The van der Waals surface area contributed by atoms with Crippen LogP contribution in [0.5, 0.6) is 0 Å². The van der Waals surface area contributed by atoms with Crippen molar-refractivity contribution in [2.24, 2.45) is 0 Å². The lowest BCUT2D eigenvalue weighted by Crippen LogP contribution is -2.34. The quantitative estimate of drug-likeness (QED) is 0.752. The Balaban J connectivity index is 1.97. The van der Waals surface area contributed by atoms with Crippen LogP contribution in [-0.4, -0.2) is 25.1 Å². The third-order valence-corrected chi connectivity index (χ3v) is 4.97. The summed E-state index contributed by atoms with van der Waals surface area (Å²) < 4.78 is 3.34. The van der Waals surface area contributed by atoms with Crippen LogP contribution in [-0.2, 0) is 6.54 Å². The van der Waals surface area contributed by atoms with Gasteiger partial charge in [-0.1, -0.05) is 13.0 Å². The normalized spacial score (nSPS) is 12.3. The highest BCUT2D eigenvalue weighted by atomic mass is 16.2. The maximum atomic E-state index is 12.8. The molecule has 142 valence electrons. The molecule has 0 saturated carbocycles. The standard InChI is InChI=1S/C20H25N5O2/c1-6-16(17-13(4)23-25(7-2)14(17)5)22-19(26)15-11-21-18-12(3)9-8-10-24(18)20(15)27/h8-11,16H,6-7H2,1-5H3,(H,22,26)/t16-/m1/s1. The number of pyridine rings is 1. The van der Waals surface area contributed by atoms with E-state index in [1.54, 1.807) is 12.3 Å². The second-order valence-corrected chi connectivity index (χ2v) is 6.70. The molecule has 0 aromatic carbocycles. The Kier molecular flexibility index (Phi) is 5.12. The molecule has 0 saturated heterocycles. The van der Waals surface area contributed by atoms with E-state index in [0.29, 0.717) is 12.1 Å². The van der Waals surface area contributed by atoms with E-state index in [4.69, 9.17) is 0 Å². The van der Waals surface area contributed by atoms with Crippen molar-refractivity contribution in [1.82, 2.24) is 24.5 Å². The molecule has 0 bridgehead atoms. The highest BCUT2D eigenvalue weighted by Crippen LogP contribution is 2.24. The molecule has 1 atom stereocenters. The van der Waals surface area contributed by atoms with Gasteiger partial charge in [0.1, 0.15) is 11.2 Å². The van der Waals surface area contributed by atoms with Crippen LogP contribution in [0.3, 0.4) is 0 Å². The number of nitrogens with zero attached hydrogens (tertiary/aromatic N) is 4. The average molecular weight is 367 g/mol. The van der Waals surface area contributed by atoms with E-state index in [1.165, 1.54) is 10.6 Å². The minimum atomic E-state index is -0.418. The number of fused-ring (bicyclic) bond motifs is 1. The summed E-state index contributed by atoms with van der Waals surface area (Å²) in [6, 6.07) is 3.44. The predicted octanol–water partition coefficient (Wildman–Crippen LogP) is 2.72. The van der Waals surface area contributed by atoms with Gasteiger partial charge in [0.2, 0.25) is 0 Å². The number of carbonyl (C=O) groups excluding carboxylic acids is 1. The molecule has 0 aliphatic rings. The van der Waals surface area contributed by atoms with Crippen molar-refractivity contribution in [1.29, 1.82) is 0 Å². The molecule has 27 heavy (non-hydrogen) atoms. The first-order chi connectivity index (χ1) is 12.9. The maximum Gasteiger partial charge on any atom is 0.270 e. The first kappa shape index (κ1) is 18.8. The largest absolute Gasteiger partial charge is 0.345 e. The zero-order valence-corrected chi connectivity index (χ0v) is 16.4. The Hall–Kier alpha value is -2.96. The summed E-state index contributed by atoms with van der Waals surface area (Å²) in [5.41, 5.74) is 4.05. The Bertz CT molecular complexity index is 1060. The first-order valence-corrected chi connectivity index (χ1v) is 9.20.